The number of aromatic nitrogens is 4. The van der Waals surface area contributed by atoms with Crippen molar-refractivity contribution in [1.82, 2.24) is 20.2 Å². The summed E-state index contributed by atoms with van der Waals surface area (Å²) in [6, 6.07) is 43.5. The van der Waals surface area contributed by atoms with E-state index in [0.29, 0.717) is 0 Å². The minimum Gasteiger partial charge on any atom is -0.780 e. The summed E-state index contributed by atoms with van der Waals surface area (Å²) in [4.78, 5) is 11.1. The van der Waals surface area contributed by atoms with E-state index in [2.05, 4.69) is 109 Å². The van der Waals surface area contributed by atoms with Gasteiger partial charge in [0.15, 0.2) is 0 Å². The largest absolute Gasteiger partial charge is 2.00 e. The second-order valence-electron chi connectivity index (χ2n) is 9.39. The van der Waals surface area contributed by atoms with Gasteiger partial charge in [0.2, 0.25) is 8.07 Å². The second-order valence-corrected chi connectivity index (χ2v) is 13.5. The quantitative estimate of drug-likeness (QED) is 0.188. The van der Waals surface area contributed by atoms with Gasteiger partial charge in [-0.2, -0.15) is 4.90 Å². The molecule has 7 heteroatoms. The van der Waals surface area contributed by atoms with Crippen molar-refractivity contribution in [3.05, 3.63) is 145 Å². The van der Waals surface area contributed by atoms with Crippen LogP contribution in [0.25, 0.3) is 11.4 Å². The van der Waals surface area contributed by atoms with Gasteiger partial charge in [-0.05, 0) is 53.5 Å². The molecule has 0 aliphatic carbocycles. The Morgan fingerprint density at radius 3 is 1.73 bits per heavy atom. The first-order chi connectivity index (χ1) is 19.6. The molecule has 0 aliphatic heterocycles. The van der Waals surface area contributed by atoms with Gasteiger partial charge in [-0.1, -0.05) is 116 Å². The van der Waals surface area contributed by atoms with Gasteiger partial charge < -0.3 is 22.8 Å². The number of nitrogens with zero attached hydrogens (tertiary/aromatic N) is 4. The van der Waals surface area contributed by atoms with Crippen LogP contribution in [0.3, 0.4) is 0 Å². The molecule has 0 spiro atoms. The molecule has 41 heavy (non-hydrogen) atoms. The van der Waals surface area contributed by atoms with Crippen LogP contribution in [-0.2, 0) is 40.1 Å². The number of rotatable bonds is 6. The van der Waals surface area contributed by atoms with Crippen LogP contribution in [0.15, 0.2) is 138 Å². The number of hydrogen-bond acceptors (Lipinski definition) is 4. The van der Waals surface area contributed by atoms with E-state index in [1.165, 1.54) is 10.4 Å². The van der Waals surface area contributed by atoms with Crippen LogP contribution in [0.1, 0.15) is 18.2 Å². The van der Waals surface area contributed by atoms with Gasteiger partial charge in [0, 0.05) is 28.2 Å². The first kappa shape index (κ1) is 30.3. The SMILES string of the molecule is CCc1n[n-]c(-c2cccc([Si](c3ccccc3)(c3ccccc3)c3ccccn3)n2)c1C.[Pt+2].[S-]c1ccccc1. The molecule has 3 aromatic heterocycles. The van der Waals surface area contributed by atoms with Crippen molar-refractivity contribution < 1.29 is 21.1 Å². The number of benzene rings is 3. The minimum atomic E-state index is -2.75. The Morgan fingerprint density at radius 2 is 1.24 bits per heavy atom. The van der Waals surface area contributed by atoms with Crippen molar-refractivity contribution in [2.24, 2.45) is 0 Å². The van der Waals surface area contributed by atoms with Crippen LogP contribution in [0, 0.1) is 6.92 Å². The third-order valence-electron chi connectivity index (χ3n) is 6.98. The maximum absolute atomic E-state index is 5.27. The van der Waals surface area contributed by atoms with Crippen LogP contribution in [0.4, 0.5) is 0 Å². The molecular weight excluding hydrogens is 720 g/mol. The average Bonchev–Trinajstić information content (AvgIpc) is 3.40. The number of aryl methyl sites for hydroxylation is 1. The van der Waals surface area contributed by atoms with Crippen LogP contribution in [-0.4, -0.2) is 23.1 Å². The summed E-state index contributed by atoms with van der Waals surface area (Å²) in [7, 11) is -2.75. The van der Waals surface area contributed by atoms with Crippen molar-refractivity contribution >= 4 is 41.7 Å². The van der Waals surface area contributed by atoms with Crippen molar-refractivity contribution in [1.29, 1.82) is 0 Å². The monoisotopic (exact) mass is 749 g/mol. The van der Waals surface area contributed by atoms with E-state index in [-0.39, 0.29) is 21.1 Å². The van der Waals surface area contributed by atoms with Crippen LogP contribution in [0.5, 0.6) is 0 Å². The summed E-state index contributed by atoms with van der Waals surface area (Å²) >= 11 is 4.81. The number of pyridine rings is 2. The van der Waals surface area contributed by atoms with E-state index >= 15 is 0 Å². The molecule has 3 aromatic carbocycles. The molecule has 0 fully saturated rings. The Labute approximate surface area is 263 Å². The first-order valence-electron chi connectivity index (χ1n) is 13.4. The molecule has 206 valence electrons. The summed E-state index contributed by atoms with van der Waals surface area (Å²) in [6.45, 7) is 4.19. The average molecular weight is 750 g/mol. The zero-order chi connectivity index (χ0) is 27.8. The van der Waals surface area contributed by atoms with Crippen molar-refractivity contribution in [2.75, 3.05) is 0 Å². The molecule has 0 radical (unpaired) electrons. The Kier molecular flexibility index (Phi) is 10.5. The van der Waals surface area contributed by atoms with E-state index in [1.54, 1.807) is 0 Å². The summed E-state index contributed by atoms with van der Waals surface area (Å²) in [5, 5.41) is 13.5. The van der Waals surface area contributed by atoms with Gasteiger partial charge in [0.05, 0.1) is 0 Å². The topological polar surface area (TPSA) is 52.8 Å². The molecule has 0 saturated carbocycles. The molecule has 0 aliphatic rings. The van der Waals surface area contributed by atoms with Gasteiger partial charge in [0.1, 0.15) is 0 Å². The fourth-order valence-corrected chi connectivity index (χ4v) is 9.59. The Hall–Kier alpha value is -3.70. The third-order valence-corrected chi connectivity index (χ3v) is 11.8. The van der Waals surface area contributed by atoms with E-state index in [4.69, 9.17) is 22.6 Å². The van der Waals surface area contributed by atoms with E-state index < -0.39 is 8.07 Å². The fraction of sp³-hybridized carbons (Fsp3) is 0.0882. The first-order valence-corrected chi connectivity index (χ1v) is 15.8. The van der Waals surface area contributed by atoms with E-state index in [9.17, 15) is 0 Å². The van der Waals surface area contributed by atoms with Crippen molar-refractivity contribution in [3.63, 3.8) is 0 Å². The third kappa shape index (κ3) is 6.46. The molecule has 0 amide bonds. The molecular formula is C34H30N4PtSSi. The fourth-order valence-electron chi connectivity index (χ4n) is 5.02. The van der Waals surface area contributed by atoms with Gasteiger partial charge in [-0.25, -0.2) is 0 Å². The molecule has 0 atom stereocenters. The maximum atomic E-state index is 5.27. The molecule has 6 rings (SSSR count). The van der Waals surface area contributed by atoms with Gasteiger partial charge >= 0.3 is 21.1 Å². The molecule has 0 N–H and O–H groups in total. The molecule has 0 saturated heterocycles. The molecule has 0 bridgehead atoms. The van der Waals surface area contributed by atoms with E-state index in [1.807, 2.05) is 48.7 Å². The number of hydrogen-bond donors (Lipinski definition) is 0. The zero-order valence-electron chi connectivity index (χ0n) is 22.9. The molecule has 0 unspecified atom stereocenters. The Morgan fingerprint density at radius 1 is 0.683 bits per heavy atom. The Bertz CT molecular complexity index is 1550. The predicted octanol–water partition coefficient (Wildman–Crippen LogP) is 4.33. The molecule has 4 nitrogen and oxygen atoms in total. The zero-order valence-corrected chi connectivity index (χ0v) is 27.0. The molecule has 3 heterocycles. The molecule has 6 aromatic rings. The van der Waals surface area contributed by atoms with Crippen molar-refractivity contribution in [2.45, 2.75) is 25.2 Å². The van der Waals surface area contributed by atoms with Gasteiger partial charge in [-0.15, -0.1) is 0 Å². The van der Waals surface area contributed by atoms with Crippen LogP contribution >= 0.6 is 0 Å². The summed E-state index contributed by atoms with van der Waals surface area (Å²) in [5.41, 5.74) is 3.85. The van der Waals surface area contributed by atoms with Gasteiger partial charge in [-0.3, -0.25) is 9.97 Å². The summed E-state index contributed by atoms with van der Waals surface area (Å²) in [6.07, 6.45) is 2.74. The maximum Gasteiger partial charge on any atom is 2.00 e. The van der Waals surface area contributed by atoms with Crippen LogP contribution < -0.4 is 26.1 Å². The Balaban J connectivity index is 0.000000425. The predicted molar refractivity (Wildman–Crippen MR) is 168 cm³/mol. The van der Waals surface area contributed by atoms with Crippen molar-refractivity contribution in [3.8, 4) is 11.4 Å². The standard InChI is InChI=1S/C28H25N4Si.C6H6S.Pt/c1-3-24-21(2)28(32-31-24)25-17-12-19-27(30-25)33(22-13-6-4-7-14-22,23-15-8-5-9-16-23)26-18-10-11-20-29-26;7-6-4-2-1-3-5-6;/h4-20H,3H2,1-2H3;1-5,7H;/q-1;;+2/p-1. The minimum absolute atomic E-state index is 0. The smallest absolute Gasteiger partial charge is 0.780 e. The second kappa shape index (κ2) is 14.3. The summed E-state index contributed by atoms with van der Waals surface area (Å²) in [5.74, 6) is 0. The normalized spacial score (nSPS) is 10.7. The van der Waals surface area contributed by atoms with Crippen LogP contribution in [0.2, 0.25) is 0 Å². The summed E-state index contributed by atoms with van der Waals surface area (Å²) < 4.78 is 0. The van der Waals surface area contributed by atoms with Gasteiger partial charge in [0.25, 0.3) is 0 Å². The van der Waals surface area contributed by atoms with E-state index in [0.717, 1.165) is 44.6 Å².